The average Bonchev–Trinajstić information content (AvgIpc) is 3.31. The Balaban J connectivity index is 1.38. The smallest absolute Gasteiger partial charge is 0.202 e. The number of nitrogens with zero attached hydrogens (tertiary/aromatic N) is 2. The van der Waals surface area contributed by atoms with Crippen LogP contribution in [-0.4, -0.2) is 4.57 Å². The molecule has 5 rings (SSSR count). The molecular formula is C27H21N2+. The van der Waals surface area contributed by atoms with Crippen molar-refractivity contribution in [2.75, 3.05) is 0 Å². The van der Waals surface area contributed by atoms with Crippen LogP contribution in [0.4, 0.5) is 0 Å². The summed E-state index contributed by atoms with van der Waals surface area (Å²) in [5.41, 5.74) is 7.21. The maximum atomic E-state index is 2.17. The van der Waals surface area contributed by atoms with Crippen LogP contribution in [0, 0.1) is 0 Å². The molecular weight excluding hydrogens is 352 g/mol. The van der Waals surface area contributed by atoms with Crippen molar-refractivity contribution >= 4 is 0 Å². The summed E-state index contributed by atoms with van der Waals surface area (Å²) in [6.45, 7) is 0. The lowest BCUT2D eigenvalue weighted by molar-refractivity contribution is -0.594. The topological polar surface area (TPSA) is 8.81 Å². The molecule has 1 aromatic heterocycles. The van der Waals surface area contributed by atoms with Crippen molar-refractivity contribution in [2.45, 2.75) is 0 Å². The molecule has 0 aliphatic rings. The van der Waals surface area contributed by atoms with Gasteiger partial charge in [0, 0.05) is 0 Å². The molecule has 5 aromatic rings. The summed E-state index contributed by atoms with van der Waals surface area (Å²) >= 11 is 0. The summed E-state index contributed by atoms with van der Waals surface area (Å²) in [5, 5.41) is 0. The molecule has 0 fully saturated rings. The van der Waals surface area contributed by atoms with Crippen LogP contribution in [-0.2, 0) is 0 Å². The molecule has 0 spiro atoms. The Morgan fingerprint density at radius 3 is 1.52 bits per heavy atom. The summed E-state index contributed by atoms with van der Waals surface area (Å²) in [5.74, 6) is 0. The Kier molecular flexibility index (Phi) is 4.51. The van der Waals surface area contributed by atoms with Crippen molar-refractivity contribution in [1.29, 1.82) is 0 Å². The van der Waals surface area contributed by atoms with E-state index in [1.54, 1.807) is 0 Å². The molecule has 4 aromatic carbocycles. The average molecular weight is 373 g/mol. The normalized spacial score (nSPS) is 10.8. The number of rotatable bonds is 4. The van der Waals surface area contributed by atoms with Crippen LogP contribution in [0.25, 0.3) is 33.6 Å². The van der Waals surface area contributed by atoms with Gasteiger partial charge in [-0.15, -0.1) is 0 Å². The Bertz CT molecular complexity index is 1110. The minimum atomic E-state index is 1.14. The number of benzene rings is 4. The standard InChI is InChI=1S/C27H21N2/c1-3-7-22(8-4-1)24-11-15-26(16-12-24)28-19-20-29(21-28)27-17-13-25(14-18-27)23-9-5-2-6-10-23/h1-21H/q+1. The molecule has 29 heavy (non-hydrogen) atoms. The van der Waals surface area contributed by atoms with E-state index in [1.807, 2.05) is 12.1 Å². The van der Waals surface area contributed by atoms with E-state index in [1.165, 1.54) is 22.3 Å². The predicted molar refractivity (Wildman–Crippen MR) is 118 cm³/mol. The van der Waals surface area contributed by atoms with E-state index in [9.17, 15) is 0 Å². The zero-order valence-corrected chi connectivity index (χ0v) is 16.0. The Hall–Kier alpha value is -3.91. The zero-order chi connectivity index (χ0) is 19.5. The summed E-state index contributed by atoms with van der Waals surface area (Å²) in [4.78, 5) is 0. The van der Waals surface area contributed by atoms with Crippen LogP contribution in [0.1, 0.15) is 0 Å². The molecule has 0 atom stereocenters. The van der Waals surface area contributed by atoms with Gasteiger partial charge in [0.25, 0.3) is 6.33 Å². The van der Waals surface area contributed by atoms with Crippen molar-refractivity contribution in [1.82, 2.24) is 4.57 Å². The largest absolute Gasteiger partial charge is 0.254 e. The number of hydrogen-bond acceptors (Lipinski definition) is 0. The second-order valence-corrected chi connectivity index (χ2v) is 7.05. The van der Waals surface area contributed by atoms with Gasteiger partial charge < -0.3 is 0 Å². The quantitative estimate of drug-likeness (QED) is 0.337. The third-order valence-electron chi connectivity index (χ3n) is 5.18. The molecule has 0 aliphatic heterocycles. The second-order valence-electron chi connectivity index (χ2n) is 7.05. The van der Waals surface area contributed by atoms with Crippen molar-refractivity contribution in [2.24, 2.45) is 0 Å². The van der Waals surface area contributed by atoms with Gasteiger partial charge in [-0.05, 0) is 46.5 Å². The van der Waals surface area contributed by atoms with E-state index in [0.29, 0.717) is 0 Å². The number of hydrogen-bond donors (Lipinski definition) is 0. The summed E-state index contributed by atoms with van der Waals surface area (Å²) in [7, 11) is 0. The van der Waals surface area contributed by atoms with Crippen LogP contribution >= 0.6 is 0 Å². The maximum absolute atomic E-state index is 2.17. The summed E-state index contributed by atoms with van der Waals surface area (Å²) < 4.78 is 4.28. The van der Waals surface area contributed by atoms with Crippen LogP contribution in [0.15, 0.2) is 128 Å². The predicted octanol–water partition coefficient (Wildman–Crippen LogP) is 6.09. The SMILES string of the molecule is c1ccc(-c2ccc(-n3cc[n+](-c4ccc(-c5ccccc5)cc4)c3)cc2)cc1. The molecule has 0 N–H and O–H groups in total. The molecule has 0 saturated carbocycles. The molecule has 0 radical (unpaired) electrons. The van der Waals surface area contributed by atoms with Gasteiger partial charge in [-0.2, -0.15) is 0 Å². The first-order valence-corrected chi connectivity index (χ1v) is 9.78. The second kappa shape index (κ2) is 7.61. The lowest BCUT2D eigenvalue weighted by Crippen LogP contribution is -2.27. The minimum Gasteiger partial charge on any atom is -0.202 e. The molecule has 2 nitrogen and oxygen atoms in total. The monoisotopic (exact) mass is 373 g/mol. The first-order valence-electron chi connectivity index (χ1n) is 9.78. The van der Waals surface area contributed by atoms with Crippen molar-refractivity contribution < 1.29 is 4.57 Å². The zero-order valence-electron chi connectivity index (χ0n) is 16.0. The molecule has 138 valence electrons. The van der Waals surface area contributed by atoms with Crippen LogP contribution in [0.5, 0.6) is 0 Å². The Morgan fingerprint density at radius 1 is 0.483 bits per heavy atom. The van der Waals surface area contributed by atoms with Crippen molar-refractivity contribution in [3.63, 3.8) is 0 Å². The molecule has 0 aliphatic carbocycles. The van der Waals surface area contributed by atoms with Crippen molar-refractivity contribution in [3.8, 4) is 33.6 Å². The van der Waals surface area contributed by atoms with Crippen LogP contribution in [0.2, 0.25) is 0 Å². The highest BCUT2D eigenvalue weighted by molar-refractivity contribution is 5.65. The van der Waals surface area contributed by atoms with Gasteiger partial charge in [-0.3, -0.25) is 0 Å². The van der Waals surface area contributed by atoms with Gasteiger partial charge in [0.1, 0.15) is 23.8 Å². The highest BCUT2D eigenvalue weighted by Gasteiger charge is 2.09. The van der Waals surface area contributed by atoms with Crippen LogP contribution < -0.4 is 4.57 Å². The van der Waals surface area contributed by atoms with Crippen LogP contribution in [0.3, 0.4) is 0 Å². The van der Waals surface area contributed by atoms with Gasteiger partial charge in [0.15, 0.2) is 0 Å². The lowest BCUT2D eigenvalue weighted by atomic mass is 10.1. The minimum absolute atomic E-state index is 1.14. The number of imidazole rings is 1. The lowest BCUT2D eigenvalue weighted by Gasteiger charge is -2.03. The molecule has 0 bridgehead atoms. The fourth-order valence-corrected chi connectivity index (χ4v) is 3.57. The molecule has 0 unspecified atom stereocenters. The third kappa shape index (κ3) is 3.61. The number of aromatic nitrogens is 2. The van der Waals surface area contributed by atoms with E-state index in [0.717, 1.165) is 11.4 Å². The first kappa shape index (κ1) is 17.2. The highest BCUT2D eigenvalue weighted by Crippen LogP contribution is 2.21. The summed E-state index contributed by atoms with van der Waals surface area (Å²) in [6, 6.07) is 38.2. The fourth-order valence-electron chi connectivity index (χ4n) is 3.57. The van der Waals surface area contributed by atoms with E-state index in [-0.39, 0.29) is 0 Å². The molecule has 2 heteroatoms. The van der Waals surface area contributed by atoms with Gasteiger partial charge in [0.05, 0.1) is 0 Å². The fraction of sp³-hybridized carbons (Fsp3) is 0. The highest BCUT2D eigenvalue weighted by atomic mass is 15.1. The van der Waals surface area contributed by atoms with Gasteiger partial charge in [-0.1, -0.05) is 84.9 Å². The molecule has 0 saturated heterocycles. The van der Waals surface area contributed by atoms with E-state index >= 15 is 0 Å². The van der Waals surface area contributed by atoms with Gasteiger partial charge in [-0.25, -0.2) is 9.13 Å². The summed E-state index contributed by atoms with van der Waals surface area (Å²) in [6.07, 6.45) is 6.28. The first-order chi connectivity index (χ1) is 14.4. The maximum Gasteiger partial charge on any atom is 0.254 e. The Morgan fingerprint density at radius 2 is 0.966 bits per heavy atom. The molecule has 1 heterocycles. The molecule has 0 amide bonds. The van der Waals surface area contributed by atoms with E-state index < -0.39 is 0 Å². The van der Waals surface area contributed by atoms with Crippen molar-refractivity contribution in [3.05, 3.63) is 128 Å². The van der Waals surface area contributed by atoms with Gasteiger partial charge in [0.2, 0.25) is 0 Å². The van der Waals surface area contributed by atoms with Gasteiger partial charge >= 0.3 is 0 Å². The third-order valence-corrected chi connectivity index (χ3v) is 5.18. The Labute approximate surface area is 171 Å². The van der Waals surface area contributed by atoms with E-state index in [2.05, 4.69) is 125 Å². The van der Waals surface area contributed by atoms with E-state index in [4.69, 9.17) is 0 Å².